The van der Waals surface area contributed by atoms with E-state index in [0.717, 1.165) is 180 Å². The zero-order chi connectivity index (χ0) is 73.7. The second-order valence-electron chi connectivity index (χ2n) is 28.8. The lowest BCUT2D eigenvalue weighted by Gasteiger charge is -2.71. The van der Waals surface area contributed by atoms with Crippen LogP contribution < -0.4 is 0 Å². The summed E-state index contributed by atoms with van der Waals surface area (Å²) in [5, 5.41) is 0. The predicted molar refractivity (Wildman–Crippen MR) is 407 cm³/mol. The molecule has 576 valence electrons. The number of rotatable bonds is 64. The zero-order valence-electron chi connectivity index (χ0n) is 62.3. The summed E-state index contributed by atoms with van der Waals surface area (Å²) in [6, 6.07) is 29.7. The van der Waals surface area contributed by atoms with Crippen molar-refractivity contribution >= 4 is 31.6 Å². The number of benzene rings is 4. The highest BCUT2D eigenvalue weighted by atomic mass is 31.2. The fourth-order valence-corrected chi connectivity index (χ4v) is 19.4. The molecule has 12 nitrogen and oxygen atoms in total. The Balaban J connectivity index is 2.47. The standard InChI is InChI=1S/C81H132F4O12P4/c1-5-9-13-17-21-25-29-33-37-41-57-69-77(94-98(82,86)87,73-61-49-45-50-62-73)81(78(95-99(83,88)89,74-63-51-46-52-64-74)70-58-42-38-34-30-26-22-18-14-10-6-2,79(96-100(84,90)91,75-65-53-47-54-66-75)71-59-43-39-35-31-27-23-19-15-11-7-3)80(97-101(85,92)93,76-67-55-48-56-68-76)72-60-44-40-36-32-28-24-20-16-12-8-4/h45-56,61-68H,5-44,57-60,69-72H2,1-4H3,(H,86,87)(H,88,89)(H,90,91)(H,92,93). The van der Waals surface area contributed by atoms with Crippen LogP contribution in [0.5, 0.6) is 0 Å². The van der Waals surface area contributed by atoms with Gasteiger partial charge >= 0.3 is 31.6 Å². The maximum atomic E-state index is 18.2. The Kier molecular flexibility index (Phi) is 44.1. The summed E-state index contributed by atoms with van der Waals surface area (Å²) < 4.78 is 160. The summed E-state index contributed by atoms with van der Waals surface area (Å²) in [6.07, 6.45) is 31.6. The van der Waals surface area contributed by atoms with Crippen molar-refractivity contribution in [3.63, 3.8) is 0 Å². The quantitative estimate of drug-likeness (QED) is 0.0186. The molecule has 4 N–H and O–H groups in total. The Labute approximate surface area is 608 Å². The molecule has 0 saturated heterocycles. The van der Waals surface area contributed by atoms with Gasteiger partial charge in [0.05, 0.1) is 0 Å². The molecule has 4 aromatic carbocycles. The molecule has 101 heavy (non-hydrogen) atoms. The molecule has 0 aliphatic rings. The van der Waals surface area contributed by atoms with E-state index < -0.39 is 85.1 Å². The van der Waals surface area contributed by atoms with E-state index in [-0.39, 0.29) is 73.6 Å². The Morgan fingerprint density at radius 2 is 0.366 bits per heavy atom. The molecule has 20 heteroatoms. The van der Waals surface area contributed by atoms with Gasteiger partial charge in [-0.25, -0.2) is 18.3 Å². The third-order valence-corrected chi connectivity index (χ3v) is 23.1. The molecule has 0 radical (unpaired) electrons. The number of unbranched alkanes of at least 4 members (excludes halogenated alkanes) is 40. The highest BCUT2D eigenvalue weighted by molar-refractivity contribution is 7.47. The third-order valence-electron chi connectivity index (χ3n) is 21.0. The summed E-state index contributed by atoms with van der Waals surface area (Å²) in [6.45, 7) is 8.65. The van der Waals surface area contributed by atoms with Crippen molar-refractivity contribution in [2.45, 2.75) is 358 Å². The van der Waals surface area contributed by atoms with Gasteiger partial charge in [-0.2, -0.15) is 0 Å². The largest absolute Gasteiger partial charge is 0.511 e. The molecule has 0 fully saturated rings. The van der Waals surface area contributed by atoms with Crippen LogP contribution in [-0.2, 0) is 58.8 Å². The van der Waals surface area contributed by atoms with Gasteiger partial charge in [-0.1, -0.05) is 432 Å². The van der Waals surface area contributed by atoms with Crippen LogP contribution in [0, 0.1) is 5.41 Å². The van der Waals surface area contributed by atoms with Gasteiger partial charge in [0.25, 0.3) is 0 Å². The van der Waals surface area contributed by atoms with Crippen LogP contribution in [0.2, 0.25) is 0 Å². The average molecular weight is 1500 g/mol. The van der Waals surface area contributed by atoms with Gasteiger partial charge in [-0.3, -0.25) is 37.7 Å². The van der Waals surface area contributed by atoms with Crippen LogP contribution in [0.1, 0.15) is 358 Å². The van der Waals surface area contributed by atoms with Crippen molar-refractivity contribution in [1.82, 2.24) is 0 Å². The Bertz CT molecular complexity index is 2540. The molecule has 0 heterocycles. The summed E-state index contributed by atoms with van der Waals surface area (Å²) in [7, 11) is -27.1. The Hall–Kier alpha value is -2.80. The smallest absolute Gasteiger partial charge is 0.299 e. The van der Waals surface area contributed by atoms with Gasteiger partial charge in [0.15, 0.2) is 0 Å². The summed E-state index contributed by atoms with van der Waals surface area (Å²) in [4.78, 5) is 48.8. The molecule has 4 aromatic rings. The topological polar surface area (TPSA) is 186 Å². The van der Waals surface area contributed by atoms with Gasteiger partial charge in [0, 0.05) is 0 Å². The highest BCUT2D eigenvalue weighted by Gasteiger charge is 2.86. The zero-order valence-corrected chi connectivity index (χ0v) is 65.9. The molecule has 0 spiro atoms. The predicted octanol–water partition coefficient (Wildman–Crippen LogP) is 28.7. The van der Waals surface area contributed by atoms with Crippen LogP contribution in [0.4, 0.5) is 16.8 Å². The first kappa shape index (κ1) is 90.6. The van der Waals surface area contributed by atoms with Gasteiger partial charge < -0.3 is 0 Å². The van der Waals surface area contributed by atoms with Crippen molar-refractivity contribution in [1.29, 1.82) is 0 Å². The molecule has 0 aromatic heterocycles. The molecule has 0 bridgehead atoms. The molecule has 8 unspecified atom stereocenters. The molecular weight excluding hydrogens is 1360 g/mol. The minimum atomic E-state index is -6.78. The van der Waals surface area contributed by atoms with E-state index in [1.54, 1.807) is 24.3 Å². The number of hydrogen-bond acceptors (Lipinski definition) is 8. The fraction of sp³-hybridized carbons (Fsp3) is 0.704. The molecule has 0 aliphatic heterocycles. The van der Waals surface area contributed by atoms with Crippen molar-refractivity contribution in [2.24, 2.45) is 5.41 Å². The van der Waals surface area contributed by atoms with Crippen molar-refractivity contribution in [3.8, 4) is 0 Å². The van der Waals surface area contributed by atoms with Gasteiger partial charge in [0.2, 0.25) is 0 Å². The van der Waals surface area contributed by atoms with Crippen LogP contribution in [0.25, 0.3) is 0 Å². The van der Waals surface area contributed by atoms with Gasteiger partial charge in [0.1, 0.15) is 27.8 Å². The maximum absolute atomic E-state index is 18.2. The lowest BCUT2D eigenvalue weighted by atomic mass is 9.39. The fourth-order valence-electron chi connectivity index (χ4n) is 16.6. The molecular formula is C81H132F4O12P4. The van der Waals surface area contributed by atoms with Gasteiger partial charge in [-0.05, 0) is 47.9 Å². The van der Waals surface area contributed by atoms with E-state index in [1.165, 1.54) is 97.1 Å². The van der Waals surface area contributed by atoms with E-state index in [1.807, 2.05) is 0 Å². The monoisotopic (exact) mass is 1500 g/mol. The van der Waals surface area contributed by atoms with Crippen LogP contribution >= 0.6 is 31.6 Å². The van der Waals surface area contributed by atoms with Crippen molar-refractivity contribution in [3.05, 3.63) is 144 Å². The minimum Gasteiger partial charge on any atom is -0.299 e. The SMILES string of the molecule is CCCCCCCCCCCCCC(OP(=O)(O)F)(c1ccccc1)C(C(CCCCCCCCCCCCC)(OP(=O)(O)F)c1ccccc1)(C(CCCCCCCCCCCCC)(OP(=O)(O)F)c1ccccc1)C(CCCCCCCCCCCCC)(OP(=O)(O)F)c1ccccc1. The number of hydrogen-bond donors (Lipinski definition) is 4. The Morgan fingerprint density at radius 3 is 0.495 bits per heavy atom. The van der Waals surface area contributed by atoms with Gasteiger partial charge in [-0.15, -0.1) is 16.8 Å². The highest BCUT2D eigenvalue weighted by Crippen LogP contribution is 2.83. The second-order valence-corrected chi connectivity index (χ2v) is 33.2. The summed E-state index contributed by atoms with van der Waals surface area (Å²) in [5.74, 6) is 0. The average Bonchev–Trinajstić information content (AvgIpc) is 0.643. The van der Waals surface area contributed by atoms with Crippen molar-refractivity contribution in [2.75, 3.05) is 0 Å². The molecule has 4 rings (SSSR count). The first-order chi connectivity index (χ1) is 48.5. The summed E-state index contributed by atoms with van der Waals surface area (Å²) in [5.41, 5.74) is -17.8. The van der Waals surface area contributed by atoms with E-state index in [9.17, 15) is 19.6 Å². The van der Waals surface area contributed by atoms with Crippen LogP contribution in [0.3, 0.4) is 0 Å². The maximum Gasteiger partial charge on any atom is 0.511 e. The molecule has 0 saturated carbocycles. The molecule has 0 amide bonds. The van der Waals surface area contributed by atoms with Crippen LogP contribution in [-0.4, -0.2) is 19.6 Å². The first-order valence-corrected chi connectivity index (χ1v) is 45.5. The minimum absolute atomic E-state index is 0.117. The van der Waals surface area contributed by atoms with E-state index >= 15 is 35.0 Å². The first-order valence-electron chi connectivity index (χ1n) is 39.6. The number of halogens is 4. The normalized spacial score (nSPS) is 17.5. The van der Waals surface area contributed by atoms with E-state index in [0.29, 0.717) is 51.4 Å². The van der Waals surface area contributed by atoms with Crippen molar-refractivity contribution < 1.29 is 72.7 Å². The Morgan fingerprint density at radius 1 is 0.238 bits per heavy atom. The third kappa shape index (κ3) is 30.8. The summed E-state index contributed by atoms with van der Waals surface area (Å²) >= 11 is 0. The lowest BCUT2D eigenvalue weighted by Crippen LogP contribution is -2.77. The molecule has 0 aliphatic carbocycles. The van der Waals surface area contributed by atoms with E-state index in [4.69, 9.17) is 18.1 Å². The lowest BCUT2D eigenvalue weighted by molar-refractivity contribution is -0.352. The van der Waals surface area contributed by atoms with Crippen LogP contribution in [0.15, 0.2) is 121 Å². The molecule has 8 atom stereocenters. The second kappa shape index (κ2) is 49.2. The van der Waals surface area contributed by atoms with E-state index in [2.05, 4.69) is 27.7 Å².